The Morgan fingerprint density at radius 2 is 0.903 bits per heavy atom. The van der Waals surface area contributed by atoms with Crippen LogP contribution >= 0.6 is 7.82 Å². The summed E-state index contributed by atoms with van der Waals surface area (Å²) in [6.45, 7) is 4.79. The lowest BCUT2D eigenvalue weighted by atomic mass is 10.1. The molecule has 0 aliphatic heterocycles. The molecule has 0 aliphatic carbocycles. The van der Waals surface area contributed by atoms with E-state index in [4.69, 9.17) is 24.3 Å². The first-order valence-electron chi connectivity index (χ1n) is 25.4. The molecule has 3 N–H and O–H groups in total. The van der Waals surface area contributed by atoms with E-state index in [9.17, 15) is 14.3 Å². The van der Waals surface area contributed by atoms with Crippen molar-refractivity contribution in [3.8, 4) is 0 Å². The zero-order valence-electron chi connectivity index (χ0n) is 40.1. The van der Waals surface area contributed by atoms with E-state index in [2.05, 4.69) is 86.8 Å². The lowest BCUT2D eigenvalue weighted by Crippen LogP contribution is -2.28. The van der Waals surface area contributed by atoms with Crippen molar-refractivity contribution >= 4 is 13.8 Å². The van der Waals surface area contributed by atoms with Gasteiger partial charge in [-0.1, -0.05) is 202 Å². The number of carbonyl (C=O) groups is 1. The predicted molar refractivity (Wildman–Crippen MR) is 265 cm³/mol. The fourth-order valence-electron chi connectivity index (χ4n) is 6.90. The lowest BCUT2D eigenvalue weighted by Gasteiger charge is -2.20. The number of rotatable bonds is 48. The smallest absolute Gasteiger partial charge is 0.457 e. The molecule has 0 aromatic heterocycles. The highest BCUT2D eigenvalue weighted by Gasteiger charge is 2.25. The van der Waals surface area contributed by atoms with Gasteiger partial charge in [0.25, 0.3) is 0 Å². The van der Waals surface area contributed by atoms with Gasteiger partial charge in [-0.3, -0.25) is 13.8 Å². The Morgan fingerprint density at radius 3 is 1.35 bits per heavy atom. The lowest BCUT2D eigenvalue weighted by molar-refractivity contribution is -0.154. The molecule has 0 saturated carbocycles. The van der Waals surface area contributed by atoms with Crippen LogP contribution in [-0.2, 0) is 27.9 Å². The fraction of sp³-hybridized carbons (Fsp3) is 0.755. The fourth-order valence-corrected chi connectivity index (χ4v) is 7.67. The minimum absolute atomic E-state index is 0.0950. The molecule has 0 aromatic carbocycles. The third-order valence-corrected chi connectivity index (χ3v) is 11.6. The number of phosphoric ester groups is 1. The third-order valence-electron chi connectivity index (χ3n) is 10.6. The van der Waals surface area contributed by atoms with Crippen LogP contribution in [0.3, 0.4) is 0 Å². The zero-order chi connectivity index (χ0) is 45.1. The van der Waals surface area contributed by atoms with Gasteiger partial charge in [0.2, 0.25) is 0 Å². The third kappa shape index (κ3) is 49.0. The van der Waals surface area contributed by atoms with Crippen LogP contribution in [0.5, 0.6) is 0 Å². The van der Waals surface area contributed by atoms with Crippen molar-refractivity contribution in [3.05, 3.63) is 72.9 Å². The average molecular weight is 890 g/mol. The van der Waals surface area contributed by atoms with Crippen LogP contribution in [0, 0.1) is 0 Å². The van der Waals surface area contributed by atoms with Gasteiger partial charge in [0.1, 0.15) is 6.10 Å². The van der Waals surface area contributed by atoms with E-state index in [1.165, 1.54) is 128 Å². The molecule has 0 radical (unpaired) electrons. The van der Waals surface area contributed by atoms with Crippen LogP contribution in [0.2, 0.25) is 0 Å². The Morgan fingerprint density at radius 1 is 0.500 bits per heavy atom. The van der Waals surface area contributed by atoms with Crippen molar-refractivity contribution in [2.75, 3.05) is 33.0 Å². The maximum atomic E-state index is 12.6. The van der Waals surface area contributed by atoms with Gasteiger partial charge in [-0.2, -0.15) is 0 Å². The molecule has 0 aliphatic rings. The molecule has 2 unspecified atom stereocenters. The number of esters is 1. The van der Waals surface area contributed by atoms with Gasteiger partial charge >= 0.3 is 13.8 Å². The minimum Gasteiger partial charge on any atom is -0.457 e. The quantitative estimate of drug-likeness (QED) is 0.0268. The number of nitrogens with two attached hydrogens (primary N) is 1. The molecule has 0 saturated heterocycles. The van der Waals surface area contributed by atoms with E-state index in [1.54, 1.807) is 0 Å². The highest BCUT2D eigenvalue weighted by molar-refractivity contribution is 7.47. The summed E-state index contributed by atoms with van der Waals surface area (Å²) in [7, 11) is -4.29. The summed E-state index contributed by atoms with van der Waals surface area (Å²) < 4.78 is 33.6. The van der Waals surface area contributed by atoms with Crippen molar-refractivity contribution in [2.24, 2.45) is 5.73 Å². The largest absolute Gasteiger partial charge is 0.472 e. The summed E-state index contributed by atoms with van der Waals surface area (Å²) in [4.78, 5) is 22.6. The second-order valence-electron chi connectivity index (χ2n) is 16.6. The number of hydrogen-bond acceptors (Lipinski definition) is 7. The molecule has 0 amide bonds. The molecule has 8 nitrogen and oxygen atoms in total. The van der Waals surface area contributed by atoms with Gasteiger partial charge in [-0.25, -0.2) is 4.57 Å². The zero-order valence-corrected chi connectivity index (χ0v) is 41.0. The molecule has 0 aromatic rings. The Hall–Kier alpha value is -2.06. The summed E-state index contributed by atoms with van der Waals surface area (Å²) in [6, 6.07) is 0. The van der Waals surface area contributed by atoms with Crippen molar-refractivity contribution < 1.29 is 32.8 Å². The number of hydrogen-bond donors (Lipinski definition) is 2. The summed E-state index contributed by atoms with van der Waals surface area (Å²) in [6.07, 6.45) is 63.6. The Labute approximate surface area is 382 Å². The molecule has 62 heavy (non-hydrogen) atoms. The van der Waals surface area contributed by atoms with Gasteiger partial charge in [0.05, 0.1) is 19.8 Å². The standard InChI is InChI=1S/C53H96NO7P/c1-3-5-7-9-11-13-15-17-19-21-22-23-24-25-26-27-28-29-31-33-35-37-39-41-43-45-48-58-50-52(51-60-62(56,57)59-49-47-54)61-53(55)46-44-42-40-38-36-34-32-30-20-18-16-14-12-10-8-6-4-2/h6,8,12,14-15,17-18,20-22,24-25,52H,3-5,7,9-11,13,16,19,23,26-51,54H2,1-2H3,(H,56,57)/b8-6-,14-12-,17-15-,20-18-,22-21-,25-24-. The van der Waals surface area contributed by atoms with E-state index < -0.39 is 13.9 Å². The molecular weight excluding hydrogens is 794 g/mol. The van der Waals surface area contributed by atoms with E-state index in [1.807, 2.05) is 0 Å². The van der Waals surface area contributed by atoms with Crippen LogP contribution in [-0.4, -0.2) is 49.9 Å². The monoisotopic (exact) mass is 890 g/mol. The minimum atomic E-state index is -4.29. The van der Waals surface area contributed by atoms with Gasteiger partial charge < -0.3 is 20.1 Å². The number of carbonyl (C=O) groups excluding carboxylic acids is 1. The molecule has 0 spiro atoms. The van der Waals surface area contributed by atoms with Crippen molar-refractivity contribution in [3.63, 3.8) is 0 Å². The second kappa shape index (κ2) is 49.9. The second-order valence-corrected chi connectivity index (χ2v) is 18.1. The maximum absolute atomic E-state index is 12.6. The predicted octanol–water partition coefficient (Wildman–Crippen LogP) is 15.9. The first-order valence-corrected chi connectivity index (χ1v) is 26.9. The van der Waals surface area contributed by atoms with Crippen LogP contribution in [0.1, 0.15) is 219 Å². The summed E-state index contributed by atoms with van der Waals surface area (Å²) >= 11 is 0. The van der Waals surface area contributed by atoms with E-state index in [-0.39, 0.29) is 32.3 Å². The molecule has 9 heteroatoms. The summed E-state index contributed by atoms with van der Waals surface area (Å²) in [5.41, 5.74) is 5.39. The maximum Gasteiger partial charge on any atom is 0.472 e. The van der Waals surface area contributed by atoms with Crippen molar-refractivity contribution in [2.45, 2.75) is 225 Å². The molecular formula is C53H96NO7P. The average Bonchev–Trinajstić information content (AvgIpc) is 3.26. The van der Waals surface area contributed by atoms with Crippen LogP contribution < -0.4 is 5.73 Å². The van der Waals surface area contributed by atoms with E-state index >= 15 is 0 Å². The van der Waals surface area contributed by atoms with Crippen LogP contribution in [0.25, 0.3) is 0 Å². The Balaban J connectivity index is 3.95. The number of allylic oxidation sites excluding steroid dienone is 12. The van der Waals surface area contributed by atoms with Crippen molar-refractivity contribution in [1.82, 2.24) is 0 Å². The molecule has 0 heterocycles. The van der Waals surface area contributed by atoms with Gasteiger partial charge in [0.15, 0.2) is 0 Å². The Bertz CT molecular complexity index is 1180. The normalized spacial score (nSPS) is 13.9. The summed E-state index contributed by atoms with van der Waals surface area (Å²) in [5.74, 6) is -0.342. The Kier molecular flexibility index (Phi) is 48.3. The van der Waals surface area contributed by atoms with E-state index in [0.29, 0.717) is 13.0 Å². The van der Waals surface area contributed by atoms with Crippen LogP contribution in [0.15, 0.2) is 72.9 Å². The topological polar surface area (TPSA) is 117 Å². The molecule has 2 atom stereocenters. The molecule has 0 rings (SSSR count). The van der Waals surface area contributed by atoms with E-state index in [0.717, 1.165) is 70.6 Å². The van der Waals surface area contributed by atoms with Crippen LogP contribution in [0.4, 0.5) is 0 Å². The number of phosphoric acid groups is 1. The summed E-state index contributed by atoms with van der Waals surface area (Å²) in [5, 5.41) is 0. The first kappa shape index (κ1) is 59.9. The van der Waals surface area contributed by atoms with Crippen molar-refractivity contribution in [1.29, 1.82) is 0 Å². The highest BCUT2D eigenvalue weighted by atomic mass is 31.2. The van der Waals surface area contributed by atoms with Gasteiger partial charge in [-0.15, -0.1) is 0 Å². The number of ether oxygens (including phenoxy) is 2. The molecule has 360 valence electrons. The van der Waals surface area contributed by atoms with Gasteiger partial charge in [-0.05, 0) is 83.5 Å². The molecule has 0 fully saturated rings. The highest BCUT2D eigenvalue weighted by Crippen LogP contribution is 2.43. The number of unbranched alkanes of at least 4 members (excludes halogenated alkanes) is 23. The molecule has 0 bridgehead atoms. The SMILES string of the molecule is CC/C=C\C/C=C\C/C=C\CCCCCCCCCC(=O)OC(COCCCCCCCCCCCCC/C=C\C/C=C\C/C=C\CCCCCCC)COP(=O)(O)OCCN. The van der Waals surface area contributed by atoms with Gasteiger partial charge in [0, 0.05) is 19.6 Å². The first-order chi connectivity index (χ1) is 30.4.